The molecule has 0 fully saturated rings. The van der Waals surface area contributed by atoms with Crippen molar-refractivity contribution >= 4 is 106 Å². The van der Waals surface area contributed by atoms with Gasteiger partial charge < -0.3 is 151 Å². The zero-order valence-corrected chi connectivity index (χ0v) is 62.7. The lowest BCUT2D eigenvalue weighted by Gasteiger charge is -2.30. The molecule has 0 saturated heterocycles. The monoisotopic (exact) mass is 1580 g/mol. The van der Waals surface area contributed by atoms with E-state index in [1.54, 1.807) is 6.92 Å². The summed E-state index contributed by atoms with van der Waals surface area (Å²) in [5.74, 6) is -21.0. The minimum absolute atomic E-state index is 0.0196. The van der Waals surface area contributed by atoms with E-state index in [2.05, 4.69) is 79.1 Å². The third-order valence-electron chi connectivity index (χ3n) is 16.6. The summed E-state index contributed by atoms with van der Waals surface area (Å²) in [7, 11) is 0. The fourth-order valence-corrected chi connectivity index (χ4v) is 10.1. The summed E-state index contributed by atoms with van der Waals surface area (Å²) < 4.78 is 0. The van der Waals surface area contributed by atoms with Gasteiger partial charge in [-0.25, -0.2) is 0 Å². The molecule has 16 amide bonds. The molecule has 1 aromatic carbocycles. The van der Waals surface area contributed by atoms with E-state index in [0.29, 0.717) is 0 Å². The predicted octanol–water partition coefficient (Wildman–Crippen LogP) is -13.9. The van der Waals surface area contributed by atoms with Crippen molar-refractivity contribution in [3.8, 4) is 5.75 Å². The lowest BCUT2D eigenvalue weighted by atomic mass is 9.96. The molecule has 0 aliphatic rings. The highest BCUT2D eigenvalue weighted by molar-refractivity contribution is 6.02. The Morgan fingerprint density at radius 3 is 1.08 bits per heavy atom. The van der Waals surface area contributed by atoms with E-state index in [0.717, 1.165) is 6.92 Å². The number of aliphatic hydroxyl groups is 5. The number of primary amides is 3. The largest absolute Gasteiger partial charge is 0.508 e. The molecule has 0 aliphatic carbocycles. The molecule has 0 radical (unpaired) electrons. The number of aliphatic imine (C=N–C) groups is 2. The number of amides is 16. The van der Waals surface area contributed by atoms with Gasteiger partial charge in [-0.1, -0.05) is 46.2 Å². The Morgan fingerprint density at radius 2 is 0.703 bits per heavy atom. The topological polar surface area (TPSA) is 810 Å². The maximum absolute atomic E-state index is 14.4. The average molecular weight is 1580 g/mol. The normalized spacial score (nSPS) is 15.4. The van der Waals surface area contributed by atoms with Gasteiger partial charge in [0.25, 0.3) is 0 Å². The number of aliphatic hydroxyl groups excluding tert-OH is 5. The Kier molecular flexibility index (Phi) is 44.5. The smallest absolute Gasteiger partial charge is 0.245 e. The van der Waals surface area contributed by atoms with Crippen LogP contribution >= 0.6 is 0 Å². The number of nitrogens with two attached hydrogens (primary N) is 9. The lowest BCUT2D eigenvalue weighted by molar-refractivity contribution is -0.138. The number of benzene rings is 1. The summed E-state index contributed by atoms with van der Waals surface area (Å²) in [6.07, 6.45) is -3.79. The summed E-state index contributed by atoms with van der Waals surface area (Å²) in [5.41, 5.74) is 49.6. The number of nitrogens with zero attached hydrogens (tertiary/aromatic N) is 2. The molecule has 624 valence electrons. The van der Waals surface area contributed by atoms with E-state index in [4.69, 9.17) is 51.6 Å². The highest BCUT2D eigenvalue weighted by Crippen LogP contribution is 2.15. The van der Waals surface area contributed by atoms with Gasteiger partial charge >= 0.3 is 0 Å². The Balaban J connectivity index is 3.54. The first-order valence-electron chi connectivity index (χ1n) is 35.4. The van der Waals surface area contributed by atoms with Crippen LogP contribution in [0.3, 0.4) is 0 Å². The average Bonchev–Trinajstić information content (AvgIpc) is 0.853. The maximum Gasteiger partial charge on any atom is 0.245 e. The predicted molar refractivity (Wildman–Crippen MR) is 394 cm³/mol. The van der Waals surface area contributed by atoms with Gasteiger partial charge in [0.15, 0.2) is 11.9 Å². The van der Waals surface area contributed by atoms with Crippen LogP contribution in [-0.4, -0.2) is 274 Å². The van der Waals surface area contributed by atoms with Crippen LogP contribution in [0.25, 0.3) is 0 Å². The second-order valence-corrected chi connectivity index (χ2v) is 26.3. The van der Waals surface area contributed by atoms with Crippen LogP contribution in [0.1, 0.15) is 111 Å². The molecule has 46 heteroatoms. The fourth-order valence-electron chi connectivity index (χ4n) is 10.1. The molecule has 111 heavy (non-hydrogen) atoms. The highest BCUT2D eigenvalue weighted by Gasteiger charge is 2.40. The number of hydrogen-bond donors (Lipinski definition) is 28. The second kappa shape index (κ2) is 50.5. The summed E-state index contributed by atoms with van der Waals surface area (Å²) in [5, 5.41) is 91.4. The molecule has 1 rings (SSSR count). The van der Waals surface area contributed by atoms with Gasteiger partial charge in [-0.2, -0.15) is 0 Å². The zero-order valence-electron chi connectivity index (χ0n) is 62.7. The van der Waals surface area contributed by atoms with Crippen molar-refractivity contribution in [3.05, 3.63) is 29.8 Å². The third kappa shape index (κ3) is 36.3. The highest BCUT2D eigenvalue weighted by atomic mass is 16.3. The molecule has 46 nitrogen and oxygen atoms in total. The summed E-state index contributed by atoms with van der Waals surface area (Å²) in [6, 6.07) is -18.8. The summed E-state index contributed by atoms with van der Waals surface area (Å²) in [6.45, 7) is 3.97. The SMILES string of the molecule is CC[C@H](C)[C@H](NC(=O)[C@H](CCCCN)NC(=O)[C@H](CC(N)=O)NC(=O)[C@H](CC(N)=O)NC(=O)[C@H](CO)NC(=O)[C@H](Cc1ccc(O)cc1)NC(=O)[C@H](CO)NC(=O)[C@@H](NC(=O)[C@H](C)N)[C@@H](C)O)C(=O)N[C@@H](CO)C(=O)N[C@H](C(=O)N[C@@H](CO)C(=O)N[C@@H](CCCN=C(N)N)C(=O)N[C@@H](CCCN=C(N)N)C(N)=O)C(C)C. The minimum atomic E-state index is -2.10. The Bertz CT molecular complexity index is 3380. The van der Waals surface area contributed by atoms with Gasteiger partial charge in [-0.3, -0.25) is 86.7 Å². The van der Waals surface area contributed by atoms with Gasteiger partial charge in [0.1, 0.15) is 84.3 Å². The first kappa shape index (κ1) is 97.8. The number of phenolic OH excluding ortho intramolecular Hbond substituents is 1. The van der Waals surface area contributed by atoms with Crippen LogP contribution in [0.4, 0.5) is 0 Å². The van der Waals surface area contributed by atoms with Crippen molar-refractivity contribution in [1.82, 2.24) is 69.1 Å². The molecule has 0 aromatic heterocycles. The first-order valence-corrected chi connectivity index (χ1v) is 35.4. The third-order valence-corrected chi connectivity index (χ3v) is 16.6. The van der Waals surface area contributed by atoms with E-state index in [1.165, 1.54) is 52.0 Å². The minimum Gasteiger partial charge on any atom is -0.508 e. The molecule has 0 heterocycles. The van der Waals surface area contributed by atoms with Gasteiger partial charge in [0.2, 0.25) is 94.5 Å². The van der Waals surface area contributed by atoms with Crippen LogP contribution in [0.5, 0.6) is 5.75 Å². The van der Waals surface area contributed by atoms with Crippen molar-refractivity contribution in [1.29, 1.82) is 0 Å². The molecule has 37 N–H and O–H groups in total. The Morgan fingerprint density at radius 1 is 0.387 bits per heavy atom. The number of hydrogen-bond acceptors (Lipinski definition) is 26. The summed E-state index contributed by atoms with van der Waals surface area (Å²) in [4.78, 5) is 224. The van der Waals surface area contributed by atoms with Gasteiger partial charge in [-0.05, 0) is 94.9 Å². The standard InChI is InChI=1S/C65H112N24O22/c1-7-30(4)48(62(110)85-44(28-93)60(108)87-47(29(2)3)61(109)84-42(26-91)57(105)79-37(14-11-21-76-65(73)74)52(100)77-35(50(70)98)13-10-20-75-64(71)72)88-53(101)36(12-8-9-19-66)78-55(103)39(23-45(68)96)81-56(104)40(24-46(69)97)82-58(106)41(25-90)83-54(102)38(22-33-15-17-34(95)18-16-33)80-59(107)43(27-92)86-63(111)49(32(6)94)89-51(99)31(5)67/h15-18,29-32,35-44,47-49,90-95H,7-14,19-28,66-67H2,1-6H3,(H2,68,96)(H2,69,97)(H2,70,98)(H,77,100)(H,78,103)(H,79,105)(H,80,107)(H,81,104)(H,82,106)(H,83,102)(H,84,109)(H,85,110)(H,86,111)(H,87,108)(H,88,101)(H,89,99)(H4,71,72,75)(H4,73,74,76)/t30-,31-,32+,35-,36-,37-,38-,39-,40-,41-,42-,43-,44-,47-,48-,49-/m0/s1. The van der Waals surface area contributed by atoms with Crippen LogP contribution < -0.4 is 121 Å². The van der Waals surface area contributed by atoms with Crippen LogP contribution in [0.15, 0.2) is 34.3 Å². The summed E-state index contributed by atoms with van der Waals surface area (Å²) >= 11 is 0. The van der Waals surface area contributed by atoms with Crippen LogP contribution in [0.2, 0.25) is 0 Å². The number of carbonyl (C=O) groups is 16. The second-order valence-electron chi connectivity index (χ2n) is 26.3. The number of phenols is 1. The molecule has 0 bridgehead atoms. The molecular formula is C65H112N24O22. The van der Waals surface area contributed by atoms with Gasteiger partial charge in [-0.15, -0.1) is 0 Å². The quantitative estimate of drug-likeness (QED) is 0.0164. The number of unbranched alkanes of at least 4 members (excludes halogenated alkanes) is 1. The van der Waals surface area contributed by atoms with Crippen molar-refractivity contribution < 1.29 is 107 Å². The number of guanidine groups is 2. The van der Waals surface area contributed by atoms with Crippen LogP contribution in [-0.2, 0) is 83.1 Å². The molecule has 0 unspecified atom stereocenters. The van der Waals surface area contributed by atoms with Gasteiger partial charge in [0.05, 0.1) is 51.4 Å². The fraction of sp³-hybridized carbons (Fsp3) is 0.631. The van der Waals surface area contributed by atoms with Crippen molar-refractivity contribution in [2.45, 2.75) is 203 Å². The van der Waals surface area contributed by atoms with Crippen LogP contribution in [0, 0.1) is 11.8 Å². The van der Waals surface area contributed by atoms with E-state index >= 15 is 0 Å². The molecule has 16 atom stereocenters. The number of rotatable bonds is 53. The number of aromatic hydroxyl groups is 1. The van der Waals surface area contributed by atoms with Crippen molar-refractivity contribution in [3.63, 3.8) is 0 Å². The van der Waals surface area contributed by atoms with E-state index < -0.39 is 243 Å². The lowest BCUT2D eigenvalue weighted by Crippen LogP contribution is -2.63. The molecule has 0 saturated carbocycles. The molecule has 0 aliphatic heterocycles. The molecular weight excluding hydrogens is 1470 g/mol. The van der Waals surface area contributed by atoms with E-state index in [9.17, 15) is 107 Å². The Labute approximate surface area is 638 Å². The van der Waals surface area contributed by atoms with Crippen molar-refractivity contribution in [2.24, 2.45) is 73.4 Å². The van der Waals surface area contributed by atoms with E-state index in [-0.39, 0.29) is 94.2 Å². The number of carbonyl (C=O) groups excluding carboxylic acids is 16. The Hall–Kier alpha value is -11.2. The molecule has 0 spiro atoms. The van der Waals surface area contributed by atoms with Gasteiger partial charge in [0, 0.05) is 19.5 Å². The van der Waals surface area contributed by atoms with E-state index in [1.807, 2.05) is 0 Å². The number of nitrogens with one attached hydrogen (secondary N) is 13. The zero-order chi connectivity index (χ0) is 84.5. The maximum atomic E-state index is 14.4. The first-order chi connectivity index (χ1) is 52.1. The van der Waals surface area contributed by atoms with Crippen molar-refractivity contribution in [2.75, 3.05) is 46.1 Å². The molecule has 1 aromatic rings.